The predicted molar refractivity (Wildman–Crippen MR) is 80.9 cm³/mol. The van der Waals surface area contributed by atoms with E-state index in [-0.39, 0.29) is 10.8 Å². The van der Waals surface area contributed by atoms with E-state index in [2.05, 4.69) is 26.0 Å². The topological polar surface area (TPSA) is 105 Å². The first kappa shape index (κ1) is 14.7. The molecule has 0 radical (unpaired) electrons. The molecular formula is C12H11ClN6O2. The van der Waals surface area contributed by atoms with Gasteiger partial charge in [-0.25, -0.2) is 0 Å². The molecule has 1 heterocycles. The van der Waals surface area contributed by atoms with Gasteiger partial charge in [0.05, 0.1) is 11.1 Å². The highest BCUT2D eigenvalue weighted by atomic mass is 35.5. The number of aromatic nitrogens is 2. The summed E-state index contributed by atoms with van der Waals surface area (Å²) < 4.78 is 0. The van der Waals surface area contributed by atoms with Gasteiger partial charge in [0.2, 0.25) is 0 Å². The van der Waals surface area contributed by atoms with Gasteiger partial charge in [0.15, 0.2) is 11.0 Å². The van der Waals surface area contributed by atoms with E-state index in [1.54, 1.807) is 31.3 Å². The number of nitrogens with zero attached hydrogens (tertiary/aromatic N) is 4. The number of hydrogen-bond acceptors (Lipinski definition) is 7. The average Bonchev–Trinajstić information content (AvgIpc) is 2.49. The van der Waals surface area contributed by atoms with E-state index in [1.165, 1.54) is 12.3 Å². The molecule has 2 rings (SSSR count). The number of rotatable bonds is 5. The molecule has 0 saturated carbocycles. The molecule has 1 aromatic carbocycles. The van der Waals surface area contributed by atoms with Crippen LogP contribution in [0, 0.1) is 10.1 Å². The molecule has 0 fully saturated rings. The second-order valence-corrected chi connectivity index (χ2v) is 4.28. The summed E-state index contributed by atoms with van der Waals surface area (Å²) in [6.45, 7) is 0. The van der Waals surface area contributed by atoms with Crippen LogP contribution in [0.2, 0.25) is 5.15 Å². The lowest BCUT2D eigenvalue weighted by atomic mass is 10.2. The Kier molecular flexibility index (Phi) is 4.62. The summed E-state index contributed by atoms with van der Waals surface area (Å²) in [5.41, 5.74) is 3.65. The van der Waals surface area contributed by atoms with E-state index in [0.717, 1.165) is 0 Å². The Morgan fingerprint density at radius 1 is 1.33 bits per heavy atom. The van der Waals surface area contributed by atoms with Gasteiger partial charge in [-0.05, 0) is 18.2 Å². The zero-order valence-corrected chi connectivity index (χ0v) is 11.7. The Morgan fingerprint density at radius 2 is 2.14 bits per heavy atom. The monoisotopic (exact) mass is 306 g/mol. The van der Waals surface area contributed by atoms with Crippen LogP contribution < -0.4 is 10.7 Å². The van der Waals surface area contributed by atoms with Gasteiger partial charge in [-0.3, -0.25) is 15.5 Å². The van der Waals surface area contributed by atoms with E-state index in [4.69, 9.17) is 11.6 Å². The minimum atomic E-state index is -0.457. The summed E-state index contributed by atoms with van der Waals surface area (Å²) in [6.07, 6.45) is 1.45. The number of benzene rings is 1. The van der Waals surface area contributed by atoms with Gasteiger partial charge >= 0.3 is 0 Å². The molecule has 0 bridgehead atoms. The summed E-state index contributed by atoms with van der Waals surface area (Å²) in [4.78, 5) is 10.5. The quantitative estimate of drug-likeness (QED) is 0.499. The van der Waals surface area contributed by atoms with E-state index in [9.17, 15) is 10.1 Å². The molecule has 0 unspecified atom stereocenters. The van der Waals surface area contributed by atoms with E-state index in [0.29, 0.717) is 17.1 Å². The third kappa shape index (κ3) is 3.86. The van der Waals surface area contributed by atoms with Crippen LogP contribution in [-0.4, -0.2) is 28.4 Å². The van der Waals surface area contributed by atoms with Crippen LogP contribution in [0.1, 0.15) is 5.56 Å². The number of anilines is 2. The Morgan fingerprint density at radius 3 is 2.76 bits per heavy atom. The fraction of sp³-hybridized carbons (Fsp3) is 0.0833. The summed E-state index contributed by atoms with van der Waals surface area (Å²) in [7, 11) is 1.62. The minimum absolute atomic E-state index is 0.0206. The minimum Gasteiger partial charge on any atom is -0.383 e. The standard InChI is InChI=1S/C12H11ClN6O2/c1-14-9-3-2-8(6-10(9)19(20)21)7-15-17-12-5-4-11(13)16-18-12/h2-7,14H,1H3,(H,17,18)/b15-7+. The number of hydrazone groups is 1. The van der Waals surface area contributed by atoms with Crippen molar-refractivity contribution < 1.29 is 4.92 Å². The summed E-state index contributed by atoms with van der Waals surface area (Å²) in [5, 5.41) is 25.3. The van der Waals surface area contributed by atoms with E-state index >= 15 is 0 Å². The smallest absolute Gasteiger partial charge is 0.292 e. The number of nitro benzene ring substituents is 1. The third-order valence-corrected chi connectivity index (χ3v) is 2.71. The van der Waals surface area contributed by atoms with Crippen molar-refractivity contribution in [1.82, 2.24) is 10.2 Å². The summed E-state index contributed by atoms with van der Waals surface area (Å²) >= 11 is 5.61. The predicted octanol–water partition coefficient (Wildman–Crippen LogP) is 2.53. The third-order valence-electron chi connectivity index (χ3n) is 2.51. The van der Waals surface area contributed by atoms with Gasteiger partial charge < -0.3 is 5.32 Å². The van der Waals surface area contributed by atoms with Crippen LogP contribution in [0.5, 0.6) is 0 Å². The van der Waals surface area contributed by atoms with E-state index in [1.807, 2.05) is 0 Å². The van der Waals surface area contributed by atoms with E-state index < -0.39 is 4.92 Å². The normalized spacial score (nSPS) is 10.6. The second kappa shape index (κ2) is 6.62. The molecule has 0 amide bonds. The lowest BCUT2D eigenvalue weighted by molar-refractivity contribution is -0.383. The molecule has 108 valence electrons. The zero-order valence-electron chi connectivity index (χ0n) is 10.9. The van der Waals surface area contributed by atoms with Crippen LogP contribution in [-0.2, 0) is 0 Å². The Labute approximate surface area is 125 Å². The molecule has 0 spiro atoms. The molecule has 8 nitrogen and oxygen atoms in total. The van der Waals surface area contributed by atoms with Gasteiger partial charge in [-0.15, -0.1) is 10.2 Å². The molecule has 0 aliphatic heterocycles. The highest BCUT2D eigenvalue weighted by Crippen LogP contribution is 2.24. The number of halogens is 1. The molecule has 2 N–H and O–H groups in total. The number of nitro groups is 1. The van der Waals surface area contributed by atoms with Crippen molar-refractivity contribution >= 4 is 35.0 Å². The molecule has 21 heavy (non-hydrogen) atoms. The fourth-order valence-corrected chi connectivity index (χ4v) is 1.64. The first-order valence-corrected chi connectivity index (χ1v) is 6.22. The van der Waals surface area contributed by atoms with Crippen LogP contribution in [0.4, 0.5) is 17.2 Å². The molecule has 1 aromatic heterocycles. The molecule has 0 aliphatic rings. The second-order valence-electron chi connectivity index (χ2n) is 3.89. The van der Waals surface area contributed by atoms with Gasteiger partial charge in [0, 0.05) is 18.7 Å². The van der Waals surface area contributed by atoms with Crippen molar-refractivity contribution in [2.75, 3.05) is 17.8 Å². The largest absolute Gasteiger partial charge is 0.383 e. The number of hydrogen-bond donors (Lipinski definition) is 2. The van der Waals surface area contributed by atoms with Crippen molar-refractivity contribution in [3.05, 3.63) is 51.2 Å². The van der Waals surface area contributed by atoms with Crippen LogP contribution >= 0.6 is 11.6 Å². The SMILES string of the molecule is CNc1ccc(/C=N/Nc2ccc(Cl)nn2)cc1[N+](=O)[O-]. The van der Waals surface area contributed by atoms with Crippen LogP contribution in [0.3, 0.4) is 0 Å². The maximum atomic E-state index is 10.9. The lowest BCUT2D eigenvalue weighted by Crippen LogP contribution is -1.98. The maximum Gasteiger partial charge on any atom is 0.292 e. The van der Waals surface area contributed by atoms with Gasteiger partial charge in [-0.1, -0.05) is 17.7 Å². The average molecular weight is 307 g/mol. The van der Waals surface area contributed by atoms with Crippen molar-refractivity contribution in [2.45, 2.75) is 0 Å². The lowest BCUT2D eigenvalue weighted by Gasteiger charge is -2.02. The first-order chi connectivity index (χ1) is 10.1. The van der Waals surface area contributed by atoms with Crippen molar-refractivity contribution in [1.29, 1.82) is 0 Å². The molecule has 2 aromatic rings. The summed E-state index contributed by atoms with van der Waals surface area (Å²) in [5.74, 6) is 0.414. The molecule has 0 atom stereocenters. The van der Waals surface area contributed by atoms with Crippen molar-refractivity contribution in [3.63, 3.8) is 0 Å². The Hall–Kier alpha value is -2.74. The van der Waals surface area contributed by atoms with Crippen LogP contribution in [0.25, 0.3) is 0 Å². The van der Waals surface area contributed by atoms with Gasteiger partial charge in [0.1, 0.15) is 5.69 Å². The molecule has 9 heteroatoms. The number of nitrogens with one attached hydrogen (secondary N) is 2. The molecular weight excluding hydrogens is 296 g/mol. The summed E-state index contributed by atoms with van der Waals surface area (Å²) in [6, 6.07) is 7.92. The zero-order chi connectivity index (χ0) is 15.2. The molecule has 0 aliphatic carbocycles. The Balaban J connectivity index is 2.12. The van der Waals surface area contributed by atoms with Gasteiger partial charge in [0.25, 0.3) is 5.69 Å². The highest BCUT2D eigenvalue weighted by Gasteiger charge is 2.12. The van der Waals surface area contributed by atoms with Crippen molar-refractivity contribution in [2.24, 2.45) is 5.10 Å². The Bertz CT molecular complexity index is 674. The molecule has 0 saturated heterocycles. The van der Waals surface area contributed by atoms with Crippen molar-refractivity contribution in [3.8, 4) is 0 Å². The van der Waals surface area contributed by atoms with Crippen LogP contribution in [0.15, 0.2) is 35.4 Å². The fourth-order valence-electron chi connectivity index (χ4n) is 1.54. The maximum absolute atomic E-state index is 10.9. The van der Waals surface area contributed by atoms with Gasteiger partial charge in [-0.2, -0.15) is 5.10 Å². The first-order valence-electron chi connectivity index (χ1n) is 5.84. The highest BCUT2D eigenvalue weighted by molar-refractivity contribution is 6.29.